The van der Waals surface area contributed by atoms with Gasteiger partial charge in [-0.1, -0.05) is 12.1 Å². The van der Waals surface area contributed by atoms with Crippen LogP contribution in [-0.2, 0) is 0 Å². The molecule has 7 nitrogen and oxygen atoms in total. The highest BCUT2D eigenvalue weighted by molar-refractivity contribution is 5.61. The monoisotopic (exact) mass is 267 g/mol. The Bertz CT molecular complexity index is 666. The van der Waals surface area contributed by atoms with Gasteiger partial charge in [-0.2, -0.15) is 4.68 Å². The number of anilines is 1. The highest BCUT2D eigenvalue weighted by atomic mass is 15.5. The fourth-order valence-electron chi connectivity index (χ4n) is 1.91. The molecule has 2 aromatic heterocycles. The number of para-hydroxylation sites is 2. The van der Waals surface area contributed by atoms with Gasteiger partial charge in [-0.15, -0.1) is 5.10 Å². The van der Waals surface area contributed by atoms with E-state index in [1.165, 1.54) is 0 Å². The summed E-state index contributed by atoms with van der Waals surface area (Å²) >= 11 is 0. The standard InChI is InChI=1S/C13H13N7/c1-10(12-8-14-6-7-15-12)17-11-4-2-3-5-13(11)20-9-16-18-19-20/h2-10,17H,1H3. The Kier molecular flexibility index (Phi) is 3.32. The van der Waals surface area contributed by atoms with Crippen LogP contribution in [0.15, 0.2) is 49.2 Å². The summed E-state index contributed by atoms with van der Waals surface area (Å²) in [5.41, 5.74) is 2.69. The van der Waals surface area contributed by atoms with E-state index in [-0.39, 0.29) is 6.04 Å². The Labute approximate surface area is 115 Å². The van der Waals surface area contributed by atoms with E-state index in [0.717, 1.165) is 17.1 Å². The normalized spacial score (nSPS) is 12.1. The molecule has 0 spiro atoms. The first kappa shape index (κ1) is 12.2. The maximum atomic E-state index is 4.30. The number of rotatable bonds is 4. The van der Waals surface area contributed by atoms with Crippen molar-refractivity contribution in [1.29, 1.82) is 0 Å². The van der Waals surface area contributed by atoms with Gasteiger partial charge in [0.05, 0.1) is 29.3 Å². The lowest BCUT2D eigenvalue weighted by atomic mass is 10.2. The van der Waals surface area contributed by atoms with Crippen molar-refractivity contribution in [3.8, 4) is 5.69 Å². The molecular formula is C13H13N7. The van der Waals surface area contributed by atoms with Crippen LogP contribution in [0, 0.1) is 0 Å². The van der Waals surface area contributed by atoms with Crippen LogP contribution in [0.2, 0.25) is 0 Å². The van der Waals surface area contributed by atoms with Gasteiger partial charge in [0.1, 0.15) is 6.33 Å². The van der Waals surface area contributed by atoms with Gasteiger partial charge in [-0.3, -0.25) is 9.97 Å². The highest BCUT2D eigenvalue weighted by Crippen LogP contribution is 2.23. The molecule has 0 saturated carbocycles. The predicted octanol–water partition coefficient (Wildman–Crippen LogP) is 1.63. The highest BCUT2D eigenvalue weighted by Gasteiger charge is 2.10. The number of aromatic nitrogens is 6. The predicted molar refractivity (Wildman–Crippen MR) is 73.2 cm³/mol. The summed E-state index contributed by atoms with van der Waals surface area (Å²) in [7, 11) is 0. The maximum absolute atomic E-state index is 4.30. The fraction of sp³-hybridized carbons (Fsp3) is 0.154. The molecular weight excluding hydrogens is 254 g/mol. The van der Waals surface area contributed by atoms with E-state index < -0.39 is 0 Å². The molecule has 0 amide bonds. The average molecular weight is 267 g/mol. The van der Waals surface area contributed by atoms with Gasteiger partial charge in [-0.25, -0.2) is 0 Å². The van der Waals surface area contributed by atoms with Crippen molar-refractivity contribution in [2.24, 2.45) is 0 Å². The molecule has 0 aliphatic heterocycles. The van der Waals surface area contributed by atoms with Crippen molar-refractivity contribution >= 4 is 5.69 Å². The number of nitrogens with zero attached hydrogens (tertiary/aromatic N) is 6. The smallest absolute Gasteiger partial charge is 0.143 e. The van der Waals surface area contributed by atoms with Gasteiger partial charge in [0.15, 0.2) is 0 Å². The van der Waals surface area contributed by atoms with Gasteiger partial charge in [0.2, 0.25) is 0 Å². The average Bonchev–Trinajstić information content (AvgIpc) is 3.03. The molecule has 2 heterocycles. The number of tetrazole rings is 1. The molecule has 1 atom stereocenters. The Morgan fingerprint density at radius 1 is 1.20 bits per heavy atom. The second kappa shape index (κ2) is 5.43. The minimum atomic E-state index is 0.0290. The van der Waals surface area contributed by atoms with Gasteiger partial charge in [0, 0.05) is 12.4 Å². The second-order valence-corrected chi connectivity index (χ2v) is 4.27. The van der Waals surface area contributed by atoms with Crippen LogP contribution < -0.4 is 5.32 Å². The minimum absolute atomic E-state index is 0.0290. The topological polar surface area (TPSA) is 81.4 Å². The van der Waals surface area contributed by atoms with Gasteiger partial charge < -0.3 is 5.32 Å². The van der Waals surface area contributed by atoms with Gasteiger partial charge in [-0.05, 0) is 29.5 Å². The van der Waals surface area contributed by atoms with E-state index in [2.05, 4.69) is 30.8 Å². The van der Waals surface area contributed by atoms with Crippen LogP contribution in [0.4, 0.5) is 5.69 Å². The van der Waals surface area contributed by atoms with E-state index in [1.54, 1.807) is 29.6 Å². The van der Waals surface area contributed by atoms with Crippen molar-refractivity contribution in [2.45, 2.75) is 13.0 Å². The van der Waals surface area contributed by atoms with Crippen LogP contribution in [0.5, 0.6) is 0 Å². The van der Waals surface area contributed by atoms with Gasteiger partial charge >= 0.3 is 0 Å². The van der Waals surface area contributed by atoms with Crippen LogP contribution in [0.3, 0.4) is 0 Å². The maximum Gasteiger partial charge on any atom is 0.143 e. The lowest BCUT2D eigenvalue weighted by molar-refractivity contribution is 0.781. The largest absolute Gasteiger partial charge is 0.375 e. The summed E-state index contributed by atoms with van der Waals surface area (Å²) in [5.74, 6) is 0. The third-order valence-electron chi connectivity index (χ3n) is 2.90. The first-order valence-corrected chi connectivity index (χ1v) is 6.19. The molecule has 3 rings (SSSR count). The number of hydrogen-bond donors (Lipinski definition) is 1. The summed E-state index contributed by atoms with van der Waals surface area (Å²) in [4.78, 5) is 8.37. The summed E-state index contributed by atoms with van der Waals surface area (Å²) in [5, 5.41) is 14.6. The van der Waals surface area contributed by atoms with E-state index >= 15 is 0 Å². The molecule has 0 saturated heterocycles. The van der Waals surface area contributed by atoms with Crippen LogP contribution >= 0.6 is 0 Å². The molecule has 100 valence electrons. The van der Waals surface area contributed by atoms with E-state index in [4.69, 9.17) is 0 Å². The van der Waals surface area contributed by atoms with E-state index in [0.29, 0.717) is 0 Å². The first-order chi connectivity index (χ1) is 9.84. The van der Waals surface area contributed by atoms with Crippen molar-refractivity contribution in [1.82, 2.24) is 30.2 Å². The lowest BCUT2D eigenvalue weighted by Crippen LogP contribution is -2.11. The molecule has 0 fully saturated rings. The second-order valence-electron chi connectivity index (χ2n) is 4.27. The molecule has 0 aliphatic rings. The molecule has 1 aromatic carbocycles. The molecule has 1 N–H and O–H groups in total. The van der Waals surface area contributed by atoms with Gasteiger partial charge in [0.25, 0.3) is 0 Å². The van der Waals surface area contributed by atoms with Crippen molar-refractivity contribution in [3.63, 3.8) is 0 Å². The summed E-state index contributed by atoms with van der Waals surface area (Å²) < 4.78 is 1.62. The zero-order chi connectivity index (χ0) is 13.8. The number of hydrogen-bond acceptors (Lipinski definition) is 6. The SMILES string of the molecule is CC(Nc1ccccc1-n1cnnn1)c1cnccn1. The third-order valence-corrected chi connectivity index (χ3v) is 2.90. The van der Waals surface area contributed by atoms with Crippen molar-refractivity contribution in [2.75, 3.05) is 5.32 Å². The first-order valence-electron chi connectivity index (χ1n) is 6.19. The quantitative estimate of drug-likeness (QED) is 0.773. The Hall–Kier alpha value is -2.83. The molecule has 0 aliphatic carbocycles. The Morgan fingerprint density at radius 3 is 2.85 bits per heavy atom. The zero-order valence-electron chi connectivity index (χ0n) is 10.9. The summed E-state index contributed by atoms with van der Waals surface area (Å²) in [6.45, 7) is 2.03. The van der Waals surface area contributed by atoms with E-state index in [1.807, 2.05) is 31.2 Å². The van der Waals surface area contributed by atoms with Crippen molar-refractivity contribution < 1.29 is 0 Å². The summed E-state index contributed by atoms with van der Waals surface area (Å²) in [6.07, 6.45) is 6.65. The van der Waals surface area contributed by atoms with Crippen molar-refractivity contribution in [3.05, 3.63) is 54.9 Å². The lowest BCUT2D eigenvalue weighted by Gasteiger charge is -2.16. The molecule has 1 unspecified atom stereocenters. The zero-order valence-corrected chi connectivity index (χ0v) is 10.9. The fourth-order valence-corrected chi connectivity index (χ4v) is 1.91. The molecule has 20 heavy (non-hydrogen) atoms. The molecule has 0 bridgehead atoms. The van der Waals surface area contributed by atoms with E-state index in [9.17, 15) is 0 Å². The molecule has 7 heteroatoms. The number of benzene rings is 1. The molecule has 3 aromatic rings. The summed E-state index contributed by atoms with van der Waals surface area (Å²) in [6, 6.07) is 7.85. The molecule has 0 radical (unpaired) electrons. The Balaban J connectivity index is 1.88. The number of nitrogens with one attached hydrogen (secondary N) is 1. The van der Waals surface area contributed by atoms with Crippen LogP contribution in [0.25, 0.3) is 5.69 Å². The van der Waals surface area contributed by atoms with Crippen LogP contribution in [-0.4, -0.2) is 30.2 Å². The van der Waals surface area contributed by atoms with Crippen LogP contribution in [0.1, 0.15) is 18.7 Å². The third kappa shape index (κ3) is 2.46. The minimum Gasteiger partial charge on any atom is -0.375 e. The Morgan fingerprint density at radius 2 is 2.10 bits per heavy atom.